The molecule has 1 aliphatic rings. The van der Waals surface area contributed by atoms with Crippen LogP contribution in [0.4, 0.5) is 0 Å². The molecule has 0 aliphatic carbocycles. The van der Waals surface area contributed by atoms with Crippen molar-refractivity contribution in [3.8, 4) is 5.75 Å². The number of aryl methyl sites for hydroxylation is 2. The number of ether oxygens (including phenoxy) is 1. The number of carbonyl (C=O) groups excluding carboxylic acids is 1. The number of aliphatic imine (C=N–C) groups is 1. The maximum Gasteiger partial charge on any atom is 0.264 e. The number of hydrogen-bond acceptors (Lipinski definition) is 4. The van der Waals surface area contributed by atoms with E-state index in [0.717, 1.165) is 21.3 Å². The number of carbonyl (C=O) groups is 1. The summed E-state index contributed by atoms with van der Waals surface area (Å²) in [4.78, 5) is 17.4. The summed E-state index contributed by atoms with van der Waals surface area (Å²) in [6.45, 7) is 8.77. The topological polar surface area (TPSA) is 50.7 Å². The Kier molecular flexibility index (Phi) is 6.75. The van der Waals surface area contributed by atoms with Gasteiger partial charge in [-0.05, 0) is 70.9 Å². The Labute approximate surface area is 177 Å². The lowest BCUT2D eigenvalue weighted by molar-refractivity contribution is -0.115. The summed E-state index contributed by atoms with van der Waals surface area (Å²) in [6.07, 6.45) is 3.54. The third-order valence-corrected chi connectivity index (χ3v) is 5.52. The van der Waals surface area contributed by atoms with Crippen LogP contribution in [0.3, 0.4) is 0 Å². The summed E-state index contributed by atoms with van der Waals surface area (Å²) in [6, 6.07) is 12.1. The Bertz CT molecular complexity index is 962. The highest BCUT2D eigenvalue weighted by Gasteiger charge is 2.23. The normalized spacial score (nSPS) is 16.5. The Morgan fingerprint density at radius 3 is 2.64 bits per heavy atom. The summed E-state index contributed by atoms with van der Waals surface area (Å²) < 4.78 is 6.38. The fraction of sp³-hybridized carbons (Fsp3) is 0.182. The average Bonchev–Trinajstić information content (AvgIpc) is 2.98. The fourth-order valence-electron chi connectivity index (χ4n) is 2.85. The highest BCUT2D eigenvalue weighted by Crippen LogP contribution is 2.30. The van der Waals surface area contributed by atoms with E-state index in [1.807, 2.05) is 24.3 Å². The van der Waals surface area contributed by atoms with Crippen LogP contribution >= 0.6 is 27.7 Å². The first-order valence-electron chi connectivity index (χ1n) is 8.80. The molecule has 1 aliphatic heterocycles. The van der Waals surface area contributed by atoms with E-state index in [-0.39, 0.29) is 5.91 Å². The standard InChI is InChI=1S/C22H21BrN2O2S/c1-4-7-27-19-6-5-16(11-18(19)23)12-20-21(26)25-22(28-20)24-13-17-9-14(2)8-15(3)10-17/h4-6,8-12H,1,7,13H2,2-3H3,(H,24,25,26)/b20-12-. The molecule has 2 aromatic rings. The molecule has 1 saturated heterocycles. The van der Waals surface area contributed by atoms with Gasteiger partial charge in [0.05, 0.1) is 15.9 Å². The van der Waals surface area contributed by atoms with Crippen LogP contribution in [0.2, 0.25) is 0 Å². The van der Waals surface area contributed by atoms with Crippen LogP contribution in [0.15, 0.2) is 63.4 Å². The Morgan fingerprint density at radius 2 is 1.96 bits per heavy atom. The van der Waals surface area contributed by atoms with E-state index in [0.29, 0.717) is 23.2 Å². The molecule has 3 rings (SSSR count). The van der Waals surface area contributed by atoms with E-state index in [1.54, 1.807) is 6.08 Å². The molecule has 6 heteroatoms. The molecule has 1 heterocycles. The van der Waals surface area contributed by atoms with Crippen LogP contribution in [0, 0.1) is 13.8 Å². The molecule has 1 amide bonds. The van der Waals surface area contributed by atoms with Gasteiger partial charge in [-0.2, -0.15) is 0 Å². The van der Waals surface area contributed by atoms with Gasteiger partial charge < -0.3 is 10.1 Å². The molecule has 4 nitrogen and oxygen atoms in total. The molecule has 0 bridgehead atoms. The van der Waals surface area contributed by atoms with E-state index in [4.69, 9.17) is 4.74 Å². The predicted octanol–water partition coefficient (Wildman–Crippen LogP) is 5.39. The van der Waals surface area contributed by atoms with E-state index in [2.05, 4.69) is 64.9 Å². The van der Waals surface area contributed by atoms with Gasteiger partial charge in [0.15, 0.2) is 5.17 Å². The van der Waals surface area contributed by atoms with Gasteiger partial charge in [-0.3, -0.25) is 9.79 Å². The third kappa shape index (κ3) is 5.36. The third-order valence-electron chi connectivity index (χ3n) is 3.95. The van der Waals surface area contributed by atoms with Crippen molar-refractivity contribution < 1.29 is 9.53 Å². The van der Waals surface area contributed by atoms with Crippen LogP contribution in [0.25, 0.3) is 6.08 Å². The molecule has 0 spiro atoms. The lowest BCUT2D eigenvalue weighted by atomic mass is 10.1. The molecule has 0 atom stereocenters. The molecule has 28 heavy (non-hydrogen) atoms. The minimum atomic E-state index is -0.132. The molecule has 144 valence electrons. The van der Waals surface area contributed by atoms with Crippen LogP contribution in [-0.2, 0) is 11.3 Å². The van der Waals surface area contributed by atoms with Gasteiger partial charge in [0.1, 0.15) is 12.4 Å². The van der Waals surface area contributed by atoms with Gasteiger partial charge in [0, 0.05) is 0 Å². The summed E-state index contributed by atoms with van der Waals surface area (Å²) >= 11 is 4.85. The zero-order valence-corrected chi connectivity index (χ0v) is 18.2. The monoisotopic (exact) mass is 456 g/mol. The highest BCUT2D eigenvalue weighted by molar-refractivity contribution is 9.10. The summed E-state index contributed by atoms with van der Waals surface area (Å²) in [5.74, 6) is 0.605. The first kappa shape index (κ1) is 20.4. The van der Waals surface area contributed by atoms with Gasteiger partial charge >= 0.3 is 0 Å². The van der Waals surface area contributed by atoms with E-state index < -0.39 is 0 Å². The summed E-state index contributed by atoms with van der Waals surface area (Å²) in [5.41, 5.74) is 4.47. The number of thioether (sulfide) groups is 1. The van der Waals surface area contributed by atoms with Gasteiger partial charge in [0.25, 0.3) is 5.91 Å². The van der Waals surface area contributed by atoms with E-state index in [1.165, 1.54) is 22.9 Å². The zero-order chi connectivity index (χ0) is 20.1. The molecule has 1 fully saturated rings. The highest BCUT2D eigenvalue weighted by atomic mass is 79.9. The van der Waals surface area contributed by atoms with E-state index >= 15 is 0 Å². The zero-order valence-electron chi connectivity index (χ0n) is 15.8. The first-order valence-corrected chi connectivity index (χ1v) is 10.4. The number of nitrogens with zero attached hydrogens (tertiary/aromatic N) is 1. The van der Waals surface area contributed by atoms with Crippen molar-refractivity contribution in [3.63, 3.8) is 0 Å². The second kappa shape index (κ2) is 9.26. The number of benzene rings is 2. The maximum atomic E-state index is 12.3. The molecule has 0 unspecified atom stereocenters. The lowest BCUT2D eigenvalue weighted by Crippen LogP contribution is -2.19. The molecular formula is C22H21BrN2O2S. The van der Waals surface area contributed by atoms with Crippen molar-refractivity contribution in [2.45, 2.75) is 20.4 Å². The van der Waals surface area contributed by atoms with Crippen molar-refractivity contribution in [1.82, 2.24) is 5.32 Å². The molecule has 0 radical (unpaired) electrons. The van der Waals surface area contributed by atoms with Crippen molar-refractivity contribution in [1.29, 1.82) is 0 Å². The number of amidine groups is 1. The van der Waals surface area contributed by atoms with Crippen LogP contribution in [-0.4, -0.2) is 17.7 Å². The number of amides is 1. The van der Waals surface area contributed by atoms with Gasteiger partial charge in [0.2, 0.25) is 0 Å². The van der Waals surface area contributed by atoms with Crippen molar-refractivity contribution in [2.24, 2.45) is 4.99 Å². The second-order valence-electron chi connectivity index (χ2n) is 6.47. The SMILES string of the molecule is C=CCOc1ccc(/C=C2\SC(=NCc3cc(C)cc(C)c3)NC2=O)cc1Br. The molecular weight excluding hydrogens is 436 g/mol. The van der Waals surface area contributed by atoms with Crippen molar-refractivity contribution in [3.05, 3.63) is 80.7 Å². The Balaban J connectivity index is 1.71. The van der Waals surface area contributed by atoms with Crippen LogP contribution < -0.4 is 10.1 Å². The van der Waals surface area contributed by atoms with Crippen LogP contribution in [0.5, 0.6) is 5.75 Å². The largest absolute Gasteiger partial charge is 0.488 e. The quantitative estimate of drug-likeness (QED) is 0.468. The minimum absolute atomic E-state index is 0.132. The first-order chi connectivity index (χ1) is 13.4. The minimum Gasteiger partial charge on any atom is -0.488 e. The van der Waals surface area contributed by atoms with Gasteiger partial charge in [-0.25, -0.2) is 0 Å². The lowest BCUT2D eigenvalue weighted by Gasteiger charge is -2.06. The predicted molar refractivity (Wildman–Crippen MR) is 121 cm³/mol. The molecule has 0 aromatic heterocycles. The summed E-state index contributed by atoms with van der Waals surface area (Å²) in [5, 5.41) is 3.46. The second-order valence-corrected chi connectivity index (χ2v) is 8.36. The van der Waals surface area contributed by atoms with Gasteiger partial charge in [-0.1, -0.05) is 48.0 Å². The van der Waals surface area contributed by atoms with Crippen molar-refractivity contribution in [2.75, 3.05) is 6.61 Å². The average molecular weight is 457 g/mol. The summed E-state index contributed by atoms with van der Waals surface area (Å²) in [7, 11) is 0. The van der Waals surface area contributed by atoms with Gasteiger partial charge in [-0.15, -0.1) is 0 Å². The molecule has 1 N–H and O–H groups in total. The van der Waals surface area contributed by atoms with Crippen LogP contribution in [0.1, 0.15) is 22.3 Å². The fourth-order valence-corrected chi connectivity index (χ4v) is 4.18. The van der Waals surface area contributed by atoms with E-state index in [9.17, 15) is 4.79 Å². The number of nitrogens with one attached hydrogen (secondary N) is 1. The number of hydrogen-bond donors (Lipinski definition) is 1. The number of halogens is 1. The number of rotatable bonds is 6. The Hall–Kier alpha value is -2.31. The Morgan fingerprint density at radius 1 is 1.21 bits per heavy atom. The smallest absolute Gasteiger partial charge is 0.264 e. The molecule has 0 saturated carbocycles. The maximum absolute atomic E-state index is 12.3. The molecule has 2 aromatic carbocycles. The van der Waals surface area contributed by atoms with Crippen molar-refractivity contribution >= 4 is 44.8 Å².